The number of hydrogen-bond acceptors (Lipinski definition) is 7. The lowest BCUT2D eigenvalue weighted by Gasteiger charge is -2.28. The van der Waals surface area contributed by atoms with Gasteiger partial charge in [0.2, 0.25) is 0 Å². The molecule has 2 aliphatic heterocycles. The molecule has 0 atom stereocenters. The van der Waals surface area contributed by atoms with Crippen molar-refractivity contribution in [3.8, 4) is 0 Å². The number of ether oxygens (including phenoxy) is 2. The van der Waals surface area contributed by atoms with E-state index in [2.05, 4.69) is 15.5 Å². The summed E-state index contributed by atoms with van der Waals surface area (Å²) < 4.78 is 10.2. The van der Waals surface area contributed by atoms with Gasteiger partial charge in [-0.3, -0.25) is 19.3 Å². The van der Waals surface area contributed by atoms with Gasteiger partial charge < -0.3 is 25.0 Å². The maximum Gasteiger partial charge on any atom is 0.326 e. The third-order valence-electron chi connectivity index (χ3n) is 4.62. The molecule has 1 aromatic carbocycles. The van der Waals surface area contributed by atoms with Crippen LogP contribution < -0.4 is 15.5 Å². The first-order valence-electron chi connectivity index (χ1n) is 9.28. The Morgan fingerprint density at radius 3 is 2.41 bits per heavy atom. The zero-order valence-corrected chi connectivity index (χ0v) is 16.4. The van der Waals surface area contributed by atoms with E-state index in [1.165, 1.54) is 13.8 Å². The monoisotopic (exact) mass is 404 g/mol. The van der Waals surface area contributed by atoms with E-state index >= 15 is 0 Å². The first-order valence-corrected chi connectivity index (χ1v) is 9.28. The Kier molecular flexibility index (Phi) is 6.02. The van der Waals surface area contributed by atoms with Crippen LogP contribution in [-0.2, 0) is 23.9 Å². The fourth-order valence-electron chi connectivity index (χ4n) is 3.06. The zero-order chi connectivity index (χ0) is 21.0. The van der Waals surface area contributed by atoms with Crippen molar-refractivity contribution < 1.29 is 28.7 Å². The molecule has 2 N–H and O–H groups in total. The van der Waals surface area contributed by atoms with Crippen LogP contribution in [-0.4, -0.2) is 73.7 Å². The van der Waals surface area contributed by atoms with Gasteiger partial charge in [0.05, 0.1) is 13.2 Å². The first kappa shape index (κ1) is 20.6. The fourth-order valence-corrected chi connectivity index (χ4v) is 3.06. The average molecular weight is 404 g/mol. The molecular formula is C19H24N4O6. The molecular weight excluding hydrogens is 380 g/mol. The molecule has 0 aromatic heterocycles. The Balaban J connectivity index is 1.44. The van der Waals surface area contributed by atoms with Crippen LogP contribution in [0.25, 0.3) is 0 Å². The van der Waals surface area contributed by atoms with E-state index in [-0.39, 0.29) is 0 Å². The molecule has 0 radical (unpaired) electrons. The van der Waals surface area contributed by atoms with Crippen LogP contribution in [0.1, 0.15) is 13.8 Å². The number of morpholine rings is 1. The molecule has 156 valence electrons. The minimum atomic E-state index is -1.07. The van der Waals surface area contributed by atoms with Crippen LogP contribution in [0.3, 0.4) is 0 Å². The highest BCUT2D eigenvalue weighted by molar-refractivity contribution is 6.08. The van der Waals surface area contributed by atoms with Crippen LogP contribution in [0, 0.1) is 0 Å². The molecule has 0 spiro atoms. The maximum atomic E-state index is 12.0. The molecule has 29 heavy (non-hydrogen) atoms. The molecule has 3 rings (SSSR count). The Morgan fingerprint density at radius 1 is 1.17 bits per heavy atom. The van der Waals surface area contributed by atoms with E-state index in [4.69, 9.17) is 9.47 Å². The van der Waals surface area contributed by atoms with Crippen molar-refractivity contribution in [2.45, 2.75) is 19.4 Å². The largest absolute Gasteiger partial charge is 0.454 e. The number of esters is 1. The lowest BCUT2D eigenvalue weighted by atomic mass is 10.1. The predicted octanol–water partition coefficient (Wildman–Crippen LogP) is 0.335. The number of anilines is 2. The Morgan fingerprint density at radius 2 is 1.83 bits per heavy atom. The number of nitrogens with zero attached hydrogens (tertiary/aromatic N) is 2. The molecule has 2 aliphatic rings. The normalized spacial score (nSPS) is 18.4. The minimum absolute atomic E-state index is 0.517. The standard InChI is InChI=1S/C19H24N4O6/c1-19(2)17(26)23(18(27)21-19)11-16(25)29-12-15(24)20-13-3-5-14(6-4-13)22-7-9-28-10-8-22/h3-6H,7-12H2,1-2H3,(H,20,24)(H,21,27). The highest BCUT2D eigenvalue weighted by Gasteiger charge is 2.45. The van der Waals surface area contributed by atoms with E-state index in [1.54, 1.807) is 12.1 Å². The van der Waals surface area contributed by atoms with Crippen LogP contribution in [0.2, 0.25) is 0 Å². The van der Waals surface area contributed by atoms with Gasteiger partial charge in [-0.1, -0.05) is 0 Å². The molecule has 1 aromatic rings. The quantitative estimate of drug-likeness (QED) is 0.518. The molecule has 0 bridgehead atoms. The van der Waals surface area contributed by atoms with Crippen LogP contribution >= 0.6 is 0 Å². The molecule has 0 unspecified atom stereocenters. The average Bonchev–Trinajstić information content (AvgIpc) is 2.89. The first-order chi connectivity index (χ1) is 13.8. The van der Waals surface area contributed by atoms with Gasteiger partial charge in [-0.25, -0.2) is 4.79 Å². The maximum absolute atomic E-state index is 12.0. The van der Waals surface area contributed by atoms with Gasteiger partial charge in [-0.15, -0.1) is 0 Å². The van der Waals surface area contributed by atoms with Crippen molar-refractivity contribution >= 4 is 35.2 Å². The fraction of sp³-hybridized carbons (Fsp3) is 0.474. The summed E-state index contributed by atoms with van der Waals surface area (Å²) in [7, 11) is 0. The predicted molar refractivity (Wildman–Crippen MR) is 103 cm³/mol. The summed E-state index contributed by atoms with van der Waals surface area (Å²) in [5.41, 5.74) is 0.537. The van der Waals surface area contributed by atoms with Crippen molar-refractivity contribution in [1.29, 1.82) is 0 Å². The third-order valence-corrected chi connectivity index (χ3v) is 4.62. The highest BCUT2D eigenvalue weighted by atomic mass is 16.5. The van der Waals surface area contributed by atoms with Gasteiger partial charge in [-0.05, 0) is 38.1 Å². The Hall–Kier alpha value is -3.14. The molecule has 2 fully saturated rings. The Bertz CT molecular complexity index is 801. The SMILES string of the molecule is CC1(C)NC(=O)N(CC(=O)OCC(=O)Nc2ccc(N3CCOCC3)cc2)C1=O. The van der Waals surface area contributed by atoms with Crippen LogP contribution in [0.4, 0.5) is 16.2 Å². The van der Waals surface area contributed by atoms with E-state index in [9.17, 15) is 19.2 Å². The van der Waals surface area contributed by atoms with Gasteiger partial charge in [0.1, 0.15) is 12.1 Å². The lowest BCUT2D eigenvalue weighted by Crippen LogP contribution is -2.41. The topological polar surface area (TPSA) is 117 Å². The summed E-state index contributed by atoms with van der Waals surface area (Å²) in [5, 5.41) is 5.10. The lowest BCUT2D eigenvalue weighted by molar-refractivity contribution is -0.150. The van der Waals surface area contributed by atoms with E-state index < -0.39 is 42.5 Å². The van der Waals surface area contributed by atoms with Crippen molar-refractivity contribution in [2.24, 2.45) is 0 Å². The van der Waals surface area contributed by atoms with E-state index in [0.29, 0.717) is 18.9 Å². The van der Waals surface area contributed by atoms with Crippen LogP contribution in [0.15, 0.2) is 24.3 Å². The second-order valence-electron chi connectivity index (χ2n) is 7.30. The number of benzene rings is 1. The number of imide groups is 1. The van der Waals surface area contributed by atoms with Crippen molar-refractivity contribution in [3.05, 3.63) is 24.3 Å². The molecule has 2 saturated heterocycles. The summed E-state index contributed by atoms with van der Waals surface area (Å²) in [6, 6.07) is 6.65. The zero-order valence-electron chi connectivity index (χ0n) is 16.4. The number of carbonyl (C=O) groups excluding carboxylic acids is 4. The summed E-state index contributed by atoms with van der Waals surface area (Å²) in [6.07, 6.45) is 0. The summed E-state index contributed by atoms with van der Waals surface area (Å²) in [6.45, 7) is 5.02. The number of hydrogen-bond donors (Lipinski definition) is 2. The minimum Gasteiger partial charge on any atom is -0.454 e. The Labute approximate surface area is 168 Å². The number of urea groups is 1. The van der Waals surface area contributed by atoms with Crippen molar-refractivity contribution in [1.82, 2.24) is 10.2 Å². The number of carbonyl (C=O) groups is 4. The van der Waals surface area contributed by atoms with Gasteiger partial charge in [-0.2, -0.15) is 0 Å². The number of amides is 4. The van der Waals surface area contributed by atoms with Gasteiger partial charge in [0.15, 0.2) is 6.61 Å². The highest BCUT2D eigenvalue weighted by Crippen LogP contribution is 2.19. The molecule has 2 heterocycles. The smallest absolute Gasteiger partial charge is 0.326 e. The second-order valence-corrected chi connectivity index (χ2v) is 7.30. The summed E-state index contributed by atoms with van der Waals surface area (Å²) >= 11 is 0. The summed E-state index contributed by atoms with van der Waals surface area (Å²) in [4.78, 5) is 50.6. The molecule has 10 heteroatoms. The van der Waals surface area contributed by atoms with Gasteiger partial charge in [0.25, 0.3) is 11.8 Å². The summed E-state index contributed by atoms with van der Waals surface area (Å²) in [5.74, 6) is -1.89. The molecule has 10 nitrogen and oxygen atoms in total. The van der Waals surface area contributed by atoms with Gasteiger partial charge in [0, 0.05) is 24.5 Å². The number of rotatable bonds is 6. The molecule has 0 saturated carbocycles. The van der Waals surface area contributed by atoms with E-state index in [1.807, 2.05) is 12.1 Å². The third kappa shape index (κ3) is 5.02. The second kappa shape index (κ2) is 8.48. The van der Waals surface area contributed by atoms with Crippen molar-refractivity contribution in [2.75, 3.05) is 49.7 Å². The molecule has 4 amide bonds. The van der Waals surface area contributed by atoms with Crippen molar-refractivity contribution in [3.63, 3.8) is 0 Å². The molecule has 0 aliphatic carbocycles. The van der Waals surface area contributed by atoms with Gasteiger partial charge >= 0.3 is 12.0 Å². The number of nitrogens with one attached hydrogen (secondary N) is 2. The van der Waals surface area contributed by atoms with E-state index in [0.717, 1.165) is 23.7 Å². The van der Waals surface area contributed by atoms with Crippen LogP contribution in [0.5, 0.6) is 0 Å².